The van der Waals surface area contributed by atoms with E-state index in [1.807, 2.05) is 0 Å². The number of nitrogens with two attached hydrogens (primary N) is 1. The first-order valence-corrected chi connectivity index (χ1v) is 10.7. The zero-order valence-electron chi connectivity index (χ0n) is 17.7. The molecule has 0 spiro atoms. The molecule has 0 bridgehead atoms. The van der Waals surface area contributed by atoms with Crippen molar-refractivity contribution in [2.75, 3.05) is 6.54 Å². The number of halogens is 9. The summed E-state index contributed by atoms with van der Waals surface area (Å²) in [6, 6.07) is 4.54. The molecule has 34 heavy (non-hydrogen) atoms. The van der Waals surface area contributed by atoms with Crippen molar-refractivity contribution in [3.8, 4) is 0 Å². The predicted octanol–water partition coefficient (Wildman–Crippen LogP) is 7.49. The number of hydrogen-bond acceptors (Lipinski definition) is 2. The highest BCUT2D eigenvalue weighted by molar-refractivity contribution is 6.48. The van der Waals surface area contributed by atoms with Gasteiger partial charge in [0.2, 0.25) is 0 Å². The van der Waals surface area contributed by atoms with Crippen LogP contribution in [0.1, 0.15) is 46.8 Å². The Kier molecular flexibility index (Phi) is 8.62. The van der Waals surface area contributed by atoms with E-state index < -0.39 is 40.8 Å². The molecule has 2 rings (SSSR count). The second-order valence-corrected chi connectivity index (χ2v) is 9.21. The zero-order valence-corrected chi connectivity index (χ0v) is 20.0. The Bertz CT molecular complexity index is 1070. The van der Waals surface area contributed by atoms with Gasteiger partial charge >= 0.3 is 12.4 Å². The van der Waals surface area contributed by atoms with Crippen molar-refractivity contribution in [3.63, 3.8) is 0 Å². The molecule has 0 aromatic heterocycles. The van der Waals surface area contributed by atoms with Gasteiger partial charge in [-0.15, -0.1) is 0 Å². The van der Waals surface area contributed by atoms with Gasteiger partial charge in [-0.25, -0.2) is 0 Å². The van der Waals surface area contributed by atoms with Gasteiger partial charge in [-0.1, -0.05) is 53.0 Å². The van der Waals surface area contributed by atoms with Crippen molar-refractivity contribution in [1.82, 2.24) is 5.32 Å². The summed E-state index contributed by atoms with van der Waals surface area (Å²) in [5, 5.41) is 1.85. The summed E-state index contributed by atoms with van der Waals surface area (Å²) in [5.74, 6) is -3.25. The summed E-state index contributed by atoms with van der Waals surface area (Å²) in [6.07, 6.45) is -8.21. The van der Waals surface area contributed by atoms with E-state index in [1.165, 1.54) is 13.8 Å². The Labute approximate surface area is 206 Å². The van der Waals surface area contributed by atoms with Gasteiger partial charge < -0.3 is 11.1 Å². The summed E-state index contributed by atoms with van der Waals surface area (Å²) in [4.78, 5) is 12.4. The van der Waals surface area contributed by atoms with Crippen molar-refractivity contribution in [2.45, 2.75) is 37.7 Å². The molecule has 2 aromatic carbocycles. The van der Waals surface area contributed by atoms with Crippen LogP contribution in [-0.4, -0.2) is 24.2 Å². The minimum absolute atomic E-state index is 0.0293. The van der Waals surface area contributed by atoms with Crippen molar-refractivity contribution in [1.29, 1.82) is 0 Å². The molecule has 0 radical (unpaired) electrons. The van der Waals surface area contributed by atoms with E-state index in [1.54, 1.807) is 0 Å². The van der Waals surface area contributed by atoms with Crippen molar-refractivity contribution >= 4 is 46.8 Å². The lowest BCUT2D eigenvalue weighted by molar-refractivity contribution is -0.139. The topological polar surface area (TPSA) is 55.1 Å². The number of carbonyl (C=O) groups excluding carboxylic acids is 1. The van der Waals surface area contributed by atoms with E-state index in [2.05, 4.69) is 5.32 Å². The molecule has 1 atom stereocenters. The molecule has 0 fully saturated rings. The fourth-order valence-corrected chi connectivity index (χ4v) is 3.51. The van der Waals surface area contributed by atoms with Gasteiger partial charge in [0.15, 0.2) is 0 Å². The summed E-state index contributed by atoms with van der Waals surface area (Å²) >= 11 is 17.4. The van der Waals surface area contributed by atoms with Crippen LogP contribution in [0.15, 0.2) is 36.4 Å². The number of allylic oxidation sites excluding steroid dienone is 1. The van der Waals surface area contributed by atoms with Gasteiger partial charge in [0.05, 0.1) is 32.1 Å². The zero-order chi connectivity index (χ0) is 26.1. The Morgan fingerprint density at radius 1 is 1.03 bits per heavy atom. The Morgan fingerprint density at radius 3 is 2.06 bits per heavy atom. The standard InChI is InChI=1S/C22H19Cl3F6N2O/c1-20(2,10-32)33-19(34)13-5-3-11(7-15(13)22(29,30)31)4-6-14(21(26,27)28)12-8-16(23)18(25)17(24)9-12/h3-9,14H,10,32H2,1-2H3,(H,33,34)/b6-4+. The first-order chi connectivity index (χ1) is 15.5. The number of benzene rings is 2. The van der Waals surface area contributed by atoms with E-state index in [0.29, 0.717) is 12.1 Å². The Morgan fingerprint density at radius 2 is 1.59 bits per heavy atom. The lowest BCUT2D eigenvalue weighted by Crippen LogP contribution is -2.49. The molecule has 0 aliphatic carbocycles. The quantitative estimate of drug-likeness (QED) is 0.291. The van der Waals surface area contributed by atoms with Crippen LogP contribution in [0.25, 0.3) is 6.08 Å². The summed E-state index contributed by atoms with van der Waals surface area (Å²) in [7, 11) is 0. The molecule has 1 unspecified atom stereocenters. The second-order valence-electron chi connectivity index (χ2n) is 8.02. The van der Waals surface area contributed by atoms with Crippen LogP contribution < -0.4 is 11.1 Å². The molecular weight excluding hydrogens is 529 g/mol. The van der Waals surface area contributed by atoms with Gasteiger partial charge in [-0.3, -0.25) is 4.79 Å². The van der Waals surface area contributed by atoms with E-state index in [9.17, 15) is 31.1 Å². The lowest BCUT2D eigenvalue weighted by atomic mass is 9.96. The largest absolute Gasteiger partial charge is 0.417 e. The maximum atomic E-state index is 13.7. The Hall–Kier alpha value is -1.94. The van der Waals surface area contributed by atoms with Crippen LogP contribution in [0, 0.1) is 0 Å². The van der Waals surface area contributed by atoms with E-state index >= 15 is 0 Å². The summed E-state index contributed by atoms with van der Waals surface area (Å²) in [6.45, 7) is 3.03. The summed E-state index contributed by atoms with van der Waals surface area (Å²) < 4.78 is 82.0. The number of carbonyl (C=O) groups is 1. The number of rotatable bonds is 6. The van der Waals surface area contributed by atoms with Gasteiger partial charge in [-0.2, -0.15) is 26.3 Å². The molecule has 0 saturated carbocycles. The maximum absolute atomic E-state index is 13.7. The second kappa shape index (κ2) is 10.4. The van der Waals surface area contributed by atoms with Gasteiger partial charge in [0.1, 0.15) is 0 Å². The highest BCUT2D eigenvalue weighted by Gasteiger charge is 2.40. The monoisotopic (exact) mass is 546 g/mol. The fourth-order valence-electron chi connectivity index (χ4n) is 2.89. The smallest absolute Gasteiger partial charge is 0.346 e. The molecule has 0 saturated heterocycles. The molecule has 186 valence electrons. The maximum Gasteiger partial charge on any atom is 0.417 e. The molecular formula is C22H19Cl3F6N2O. The lowest BCUT2D eigenvalue weighted by Gasteiger charge is -2.25. The van der Waals surface area contributed by atoms with Crippen molar-refractivity contribution < 1.29 is 31.1 Å². The molecule has 3 N–H and O–H groups in total. The van der Waals surface area contributed by atoms with Crippen LogP contribution in [0.2, 0.25) is 15.1 Å². The fraction of sp³-hybridized carbons (Fsp3) is 0.318. The van der Waals surface area contributed by atoms with E-state index in [4.69, 9.17) is 40.5 Å². The highest BCUT2D eigenvalue weighted by Crippen LogP contribution is 2.41. The number of nitrogens with one attached hydrogen (secondary N) is 1. The summed E-state index contributed by atoms with van der Waals surface area (Å²) in [5.41, 5.74) is 1.98. The molecule has 3 nitrogen and oxygen atoms in total. The minimum atomic E-state index is -4.94. The molecule has 0 aliphatic heterocycles. The van der Waals surface area contributed by atoms with Crippen molar-refractivity contribution in [2.24, 2.45) is 5.73 Å². The number of hydrogen-bond donors (Lipinski definition) is 2. The van der Waals surface area contributed by atoms with Crippen LogP contribution >= 0.6 is 34.8 Å². The predicted molar refractivity (Wildman–Crippen MR) is 121 cm³/mol. The third kappa shape index (κ3) is 7.04. The average molecular weight is 548 g/mol. The van der Waals surface area contributed by atoms with Crippen molar-refractivity contribution in [3.05, 3.63) is 73.7 Å². The highest BCUT2D eigenvalue weighted by atomic mass is 35.5. The third-order valence-corrected chi connectivity index (χ3v) is 5.95. The molecule has 0 aliphatic rings. The third-order valence-electron chi connectivity index (χ3n) is 4.75. The average Bonchev–Trinajstić information content (AvgIpc) is 2.70. The van der Waals surface area contributed by atoms with Gasteiger partial charge in [-0.05, 0) is 49.2 Å². The number of alkyl halides is 6. The van der Waals surface area contributed by atoms with Gasteiger partial charge in [0, 0.05) is 12.1 Å². The molecule has 2 aromatic rings. The van der Waals surface area contributed by atoms with E-state index in [-0.39, 0.29) is 32.7 Å². The van der Waals surface area contributed by atoms with Crippen LogP contribution in [-0.2, 0) is 6.18 Å². The van der Waals surface area contributed by atoms with Crippen LogP contribution in [0.4, 0.5) is 26.3 Å². The van der Waals surface area contributed by atoms with Crippen LogP contribution in [0.5, 0.6) is 0 Å². The van der Waals surface area contributed by atoms with Gasteiger partial charge in [0.25, 0.3) is 5.91 Å². The minimum Gasteiger partial charge on any atom is -0.346 e. The SMILES string of the molecule is CC(C)(CN)NC(=O)c1ccc(/C=C/C(c2cc(Cl)c(Cl)c(Cl)c2)C(F)(F)F)cc1C(F)(F)F. The first-order valence-electron chi connectivity index (χ1n) is 9.59. The molecule has 12 heteroatoms. The molecule has 0 heterocycles. The van der Waals surface area contributed by atoms with Crippen LogP contribution in [0.3, 0.4) is 0 Å². The van der Waals surface area contributed by atoms with E-state index in [0.717, 1.165) is 30.3 Å². The Balaban J connectivity index is 2.50. The normalized spacial score (nSPS) is 13.9. The molecule has 1 amide bonds. The number of amides is 1. The first kappa shape index (κ1) is 28.3.